The summed E-state index contributed by atoms with van der Waals surface area (Å²) < 4.78 is 12.0. The highest BCUT2D eigenvalue weighted by Gasteiger charge is 2.18. The van der Waals surface area contributed by atoms with E-state index in [2.05, 4.69) is 10.4 Å². The Hall–Kier alpha value is -4.46. The molecule has 0 spiro atoms. The van der Waals surface area contributed by atoms with Crippen molar-refractivity contribution in [2.24, 2.45) is 7.05 Å². The first-order chi connectivity index (χ1) is 15.9. The minimum Gasteiger partial charge on any atom is -0.457 e. The van der Waals surface area contributed by atoms with Crippen LogP contribution in [0.3, 0.4) is 0 Å². The van der Waals surface area contributed by atoms with E-state index in [-0.39, 0.29) is 11.3 Å². The Kier molecular flexibility index (Phi) is 6.17. The van der Waals surface area contributed by atoms with Crippen molar-refractivity contribution in [3.05, 3.63) is 94.4 Å². The first-order valence-electron chi connectivity index (χ1n) is 10.2. The molecule has 4 rings (SSSR count). The fourth-order valence-corrected chi connectivity index (χ4v) is 3.20. The summed E-state index contributed by atoms with van der Waals surface area (Å²) in [6.07, 6.45) is 0. The molecule has 0 saturated carbocycles. The van der Waals surface area contributed by atoms with Crippen LogP contribution in [0.5, 0.6) is 11.5 Å². The molecule has 0 bridgehead atoms. The molecule has 1 aromatic heterocycles. The second kappa shape index (κ2) is 9.35. The normalized spacial score (nSPS) is 10.6. The molecular formula is C25H21N3O5. The Labute approximate surface area is 189 Å². The van der Waals surface area contributed by atoms with Crippen LogP contribution in [-0.4, -0.2) is 28.3 Å². The van der Waals surface area contributed by atoms with Gasteiger partial charge in [-0.25, -0.2) is 9.48 Å². The number of ether oxygens (including phenoxy) is 2. The van der Waals surface area contributed by atoms with E-state index in [4.69, 9.17) is 9.47 Å². The molecule has 8 nitrogen and oxygen atoms in total. The van der Waals surface area contributed by atoms with Gasteiger partial charge in [0, 0.05) is 18.1 Å². The number of aromatic nitrogens is 2. The second-order valence-corrected chi connectivity index (χ2v) is 7.39. The van der Waals surface area contributed by atoms with E-state index in [1.54, 1.807) is 48.5 Å². The molecule has 1 N–H and O–H groups in total. The van der Waals surface area contributed by atoms with E-state index in [0.29, 0.717) is 28.0 Å². The lowest BCUT2D eigenvalue weighted by Crippen LogP contribution is -2.26. The minimum atomic E-state index is -0.793. The van der Waals surface area contributed by atoms with Crippen LogP contribution in [0, 0.1) is 6.92 Å². The molecule has 3 aromatic carbocycles. The number of amides is 1. The van der Waals surface area contributed by atoms with Crippen LogP contribution < -0.4 is 15.6 Å². The molecule has 0 fully saturated rings. The number of esters is 1. The number of nitrogens with zero attached hydrogens (tertiary/aromatic N) is 2. The standard InChI is InChI=1S/C25H21N3O5/c1-16-7-11-18(12-8-16)33-19-13-9-17(10-14-19)26-22(29)15-32-25(31)23-20-5-3-4-6-21(20)24(30)28(2)27-23/h3-14H,15H2,1-2H3,(H,26,29). The monoisotopic (exact) mass is 443 g/mol. The van der Waals surface area contributed by atoms with E-state index >= 15 is 0 Å². The Morgan fingerprint density at radius 2 is 1.52 bits per heavy atom. The highest BCUT2D eigenvalue weighted by molar-refractivity contribution is 6.03. The van der Waals surface area contributed by atoms with E-state index in [9.17, 15) is 14.4 Å². The Bertz CT molecular complexity index is 1380. The van der Waals surface area contributed by atoms with Gasteiger partial charge in [-0.15, -0.1) is 0 Å². The Balaban J connectivity index is 1.36. The number of hydrogen-bond donors (Lipinski definition) is 1. The number of rotatable bonds is 6. The number of nitrogens with one attached hydrogen (secondary N) is 1. The van der Waals surface area contributed by atoms with Gasteiger partial charge in [0.2, 0.25) is 0 Å². The van der Waals surface area contributed by atoms with Crippen LogP contribution in [0.15, 0.2) is 77.6 Å². The van der Waals surface area contributed by atoms with Crippen molar-refractivity contribution in [3.63, 3.8) is 0 Å². The summed E-state index contributed by atoms with van der Waals surface area (Å²) in [6, 6.07) is 21.1. The number of benzene rings is 3. The molecule has 0 atom stereocenters. The highest BCUT2D eigenvalue weighted by atomic mass is 16.5. The second-order valence-electron chi connectivity index (χ2n) is 7.39. The smallest absolute Gasteiger partial charge is 0.359 e. The van der Waals surface area contributed by atoms with E-state index < -0.39 is 18.5 Å². The molecule has 33 heavy (non-hydrogen) atoms. The molecule has 0 saturated heterocycles. The fraction of sp³-hybridized carbons (Fsp3) is 0.120. The first kappa shape index (κ1) is 21.8. The largest absolute Gasteiger partial charge is 0.457 e. The third kappa shape index (κ3) is 5.07. The summed E-state index contributed by atoms with van der Waals surface area (Å²) in [4.78, 5) is 37.0. The quantitative estimate of drug-likeness (QED) is 0.455. The first-order valence-corrected chi connectivity index (χ1v) is 10.2. The van der Waals surface area contributed by atoms with Crippen molar-refractivity contribution in [1.82, 2.24) is 9.78 Å². The fourth-order valence-electron chi connectivity index (χ4n) is 3.20. The van der Waals surface area contributed by atoms with Gasteiger partial charge in [0.05, 0.1) is 5.39 Å². The average molecular weight is 443 g/mol. The van der Waals surface area contributed by atoms with Gasteiger partial charge in [-0.1, -0.05) is 35.9 Å². The maximum atomic E-state index is 12.5. The zero-order chi connectivity index (χ0) is 23.4. The molecule has 4 aromatic rings. The number of hydrogen-bond acceptors (Lipinski definition) is 6. The van der Waals surface area contributed by atoms with E-state index in [1.165, 1.54) is 7.05 Å². The van der Waals surface area contributed by atoms with Crippen LogP contribution in [0.1, 0.15) is 16.1 Å². The lowest BCUT2D eigenvalue weighted by atomic mass is 10.1. The number of carbonyl (C=O) groups is 2. The third-order valence-electron chi connectivity index (χ3n) is 4.88. The van der Waals surface area contributed by atoms with Crippen molar-refractivity contribution < 1.29 is 19.1 Å². The molecule has 1 amide bonds. The SMILES string of the molecule is Cc1ccc(Oc2ccc(NC(=O)COC(=O)c3nn(C)c(=O)c4ccccc34)cc2)cc1. The van der Waals surface area contributed by atoms with Crippen molar-refractivity contribution in [3.8, 4) is 11.5 Å². The number of carbonyl (C=O) groups excluding carboxylic acids is 2. The number of anilines is 1. The van der Waals surface area contributed by atoms with Crippen LogP contribution >= 0.6 is 0 Å². The maximum Gasteiger partial charge on any atom is 0.359 e. The zero-order valence-electron chi connectivity index (χ0n) is 18.1. The van der Waals surface area contributed by atoms with Crippen molar-refractivity contribution >= 4 is 28.3 Å². The van der Waals surface area contributed by atoms with Gasteiger partial charge in [0.25, 0.3) is 11.5 Å². The molecule has 0 unspecified atom stereocenters. The molecule has 1 heterocycles. The van der Waals surface area contributed by atoms with Gasteiger partial charge in [-0.05, 0) is 49.4 Å². The van der Waals surface area contributed by atoms with Crippen molar-refractivity contribution in [2.75, 3.05) is 11.9 Å². The van der Waals surface area contributed by atoms with Gasteiger partial charge in [-0.3, -0.25) is 9.59 Å². The lowest BCUT2D eigenvalue weighted by molar-refractivity contribution is -0.119. The Morgan fingerprint density at radius 1 is 0.909 bits per heavy atom. The summed E-state index contributed by atoms with van der Waals surface area (Å²) >= 11 is 0. The van der Waals surface area contributed by atoms with Crippen LogP contribution in [-0.2, 0) is 16.6 Å². The van der Waals surface area contributed by atoms with Gasteiger partial charge in [0.1, 0.15) is 11.5 Å². The van der Waals surface area contributed by atoms with Crippen molar-refractivity contribution in [2.45, 2.75) is 6.92 Å². The van der Waals surface area contributed by atoms with Gasteiger partial charge in [-0.2, -0.15) is 5.10 Å². The molecular weight excluding hydrogens is 422 g/mol. The van der Waals surface area contributed by atoms with Gasteiger partial charge in [0.15, 0.2) is 12.3 Å². The molecule has 8 heteroatoms. The van der Waals surface area contributed by atoms with Gasteiger partial charge < -0.3 is 14.8 Å². The zero-order valence-corrected chi connectivity index (χ0v) is 18.1. The third-order valence-corrected chi connectivity index (χ3v) is 4.88. The summed E-state index contributed by atoms with van der Waals surface area (Å²) in [7, 11) is 1.45. The van der Waals surface area contributed by atoms with Crippen LogP contribution in [0.25, 0.3) is 10.8 Å². The van der Waals surface area contributed by atoms with Crippen LogP contribution in [0.4, 0.5) is 5.69 Å². The topological polar surface area (TPSA) is 99.5 Å². The molecule has 0 aliphatic carbocycles. The van der Waals surface area contributed by atoms with E-state index in [0.717, 1.165) is 10.2 Å². The minimum absolute atomic E-state index is 0.0295. The predicted molar refractivity (Wildman–Crippen MR) is 124 cm³/mol. The number of fused-ring (bicyclic) bond motifs is 1. The summed E-state index contributed by atoms with van der Waals surface area (Å²) in [6.45, 7) is 1.50. The molecule has 0 radical (unpaired) electrons. The molecule has 166 valence electrons. The summed E-state index contributed by atoms with van der Waals surface area (Å²) in [5, 5.41) is 7.37. The van der Waals surface area contributed by atoms with E-state index in [1.807, 2.05) is 31.2 Å². The maximum absolute atomic E-state index is 12.5. The molecule has 0 aliphatic rings. The number of aryl methyl sites for hydroxylation is 2. The average Bonchev–Trinajstić information content (AvgIpc) is 2.82. The van der Waals surface area contributed by atoms with Gasteiger partial charge >= 0.3 is 5.97 Å². The van der Waals surface area contributed by atoms with Crippen LogP contribution in [0.2, 0.25) is 0 Å². The lowest BCUT2D eigenvalue weighted by Gasteiger charge is -2.10. The summed E-state index contributed by atoms with van der Waals surface area (Å²) in [5.74, 6) is 0.0308. The predicted octanol–water partition coefficient (Wildman–Crippen LogP) is 3.83. The Morgan fingerprint density at radius 3 is 2.18 bits per heavy atom. The highest BCUT2D eigenvalue weighted by Crippen LogP contribution is 2.23. The summed E-state index contributed by atoms with van der Waals surface area (Å²) in [5.41, 5.74) is 1.31. The van der Waals surface area contributed by atoms with Crippen molar-refractivity contribution in [1.29, 1.82) is 0 Å². The molecule has 0 aliphatic heterocycles.